The van der Waals surface area contributed by atoms with Gasteiger partial charge in [-0.2, -0.15) is 5.10 Å². The summed E-state index contributed by atoms with van der Waals surface area (Å²) in [5.41, 5.74) is 8.76. The van der Waals surface area contributed by atoms with E-state index in [0.29, 0.717) is 0 Å². The lowest BCUT2D eigenvalue weighted by atomic mass is 9.95. The SMILES string of the molecule is CC1(c2ccc(N3CCOCC3)cc2)CC1C(=O)N/N=C/c1cccc2ncsc12. The summed E-state index contributed by atoms with van der Waals surface area (Å²) in [5, 5.41) is 4.20. The fourth-order valence-electron chi connectivity index (χ4n) is 4.19. The van der Waals surface area contributed by atoms with Gasteiger partial charge in [-0.25, -0.2) is 10.4 Å². The molecule has 1 N–H and O–H groups in total. The Balaban J connectivity index is 1.22. The van der Waals surface area contributed by atoms with Crippen molar-refractivity contribution < 1.29 is 9.53 Å². The van der Waals surface area contributed by atoms with Crippen molar-refractivity contribution in [2.75, 3.05) is 31.2 Å². The maximum absolute atomic E-state index is 12.7. The highest BCUT2D eigenvalue weighted by atomic mass is 32.1. The number of rotatable bonds is 5. The number of ether oxygens (including phenoxy) is 1. The fraction of sp³-hybridized carbons (Fsp3) is 0.348. The summed E-state index contributed by atoms with van der Waals surface area (Å²) in [6.45, 7) is 5.56. The van der Waals surface area contributed by atoms with Gasteiger partial charge in [0.05, 0.1) is 41.1 Å². The van der Waals surface area contributed by atoms with Gasteiger partial charge in [-0.05, 0) is 30.2 Å². The van der Waals surface area contributed by atoms with E-state index in [9.17, 15) is 4.79 Å². The molecule has 0 spiro atoms. The molecule has 2 aromatic carbocycles. The largest absolute Gasteiger partial charge is 0.378 e. The summed E-state index contributed by atoms with van der Waals surface area (Å²) in [6, 6.07) is 14.5. The van der Waals surface area contributed by atoms with Crippen molar-refractivity contribution in [2.24, 2.45) is 11.0 Å². The van der Waals surface area contributed by atoms with Crippen LogP contribution in [-0.4, -0.2) is 43.4 Å². The van der Waals surface area contributed by atoms with Crippen molar-refractivity contribution in [3.63, 3.8) is 0 Å². The van der Waals surface area contributed by atoms with Gasteiger partial charge in [0.2, 0.25) is 5.91 Å². The van der Waals surface area contributed by atoms with Crippen molar-refractivity contribution >= 4 is 39.4 Å². The maximum Gasteiger partial charge on any atom is 0.244 e. The highest BCUT2D eigenvalue weighted by Crippen LogP contribution is 2.54. The third kappa shape index (κ3) is 3.59. The second-order valence-electron chi connectivity index (χ2n) is 8.10. The lowest BCUT2D eigenvalue weighted by molar-refractivity contribution is -0.122. The van der Waals surface area contributed by atoms with E-state index in [4.69, 9.17) is 4.74 Å². The Morgan fingerprint density at radius 3 is 2.87 bits per heavy atom. The number of amides is 1. The van der Waals surface area contributed by atoms with Gasteiger partial charge in [0, 0.05) is 29.8 Å². The molecule has 2 aliphatic rings. The minimum absolute atomic E-state index is 0.0255. The van der Waals surface area contributed by atoms with Gasteiger partial charge in [-0.1, -0.05) is 31.2 Å². The molecule has 154 valence electrons. The van der Waals surface area contributed by atoms with Crippen molar-refractivity contribution in [3.05, 3.63) is 59.1 Å². The topological polar surface area (TPSA) is 66.8 Å². The van der Waals surface area contributed by atoms with Crippen LogP contribution in [0.15, 0.2) is 53.1 Å². The second kappa shape index (κ2) is 7.81. The lowest BCUT2D eigenvalue weighted by Crippen LogP contribution is -2.36. The van der Waals surface area contributed by atoms with Crippen LogP contribution in [0.1, 0.15) is 24.5 Å². The summed E-state index contributed by atoms with van der Waals surface area (Å²) < 4.78 is 6.50. The maximum atomic E-state index is 12.7. The minimum Gasteiger partial charge on any atom is -0.378 e. The number of hydrazone groups is 1. The van der Waals surface area contributed by atoms with E-state index in [1.807, 2.05) is 23.7 Å². The third-order valence-corrected chi connectivity index (χ3v) is 7.11. The molecule has 0 radical (unpaired) electrons. The predicted molar refractivity (Wildman–Crippen MR) is 120 cm³/mol. The average Bonchev–Trinajstić information content (AvgIpc) is 3.25. The molecule has 5 rings (SSSR count). The Kier molecular flexibility index (Phi) is 5.00. The molecule has 1 aromatic heterocycles. The van der Waals surface area contributed by atoms with Crippen LogP contribution in [0.2, 0.25) is 0 Å². The minimum atomic E-state index is -0.124. The van der Waals surface area contributed by atoms with Crippen LogP contribution in [-0.2, 0) is 14.9 Å². The summed E-state index contributed by atoms with van der Waals surface area (Å²) >= 11 is 1.57. The van der Waals surface area contributed by atoms with Crippen molar-refractivity contribution in [1.29, 1.82) is 0 Å². The number of fused-ring (bicyclic) bond motifs is 1. The first-order chi connectivity index (χ1) is 14.6. The smallest absolute Gasteiger partial charge is 0.244 e. The molecular formula is C23H24N4O2S. The quantitative estimate of drug-likeness (QED) is 0.506. The Hall–Kier alpha value is -2.77. The number of morpholine rings is 1. The number of hydrogen-bond acceptors (Lipinski definition) is 6. The molecule has 1 saturated carbocycles. The number of aromatic nitrogens is 1. The molecular weight excluding hydrogens is 396 g/mol. The summed E-state index contributed by atoms with van der Waals surface area (Å²) in [5.74, 6) is -0.0782. The van der Waals surface area contributed by atoms with Crippen LogP contribution in [0.25, 0.3) is 10.2 Å². The first kappa shape index (κ1) is 19.2. The second-order valence-corrected chi connectivity index (χ2v) is 8.96. The van der Waals surface area contributed by atoms with E-state index in [1.165, 1.54) is 11.3 Å². The predicted octanol–water partition coefficient (Wildman–Crippen LogP) is 3.56. The Labute approximate surface area is 179 Å². The van der Waals surface area contributed by atoms with Crippen LogP contribution >= 0.6 is 11.3 Å². The molecule has 2 unspecified atom stereocenters. The monoisotopic (exact) mass is 420 g/mol. The Morgan fingerprint density at radius 2 is 2.07 bits per heavy atom. The number of hydrogen-bond donors (Lipinski definition) is 1. The molecule has 1 aliphatic heterocycles. The first-order valence-corrected chi connectivity index (χ1v) is 11.1. The van der Waals surface area contributed by atoms with Gasteiger partial charge in [-0.15, -0.1) is 11.3 Å². The molecule has 1 saturated heterocycles. The molecule has 2 heterocycles. The van der Waals surface area contributed by atoms with Crippen molar-refractivity contribution in [2.45, 2.75) is 18.8 Å². The van der Waals surface area contributed by atoms with E-state index in [-0.39, 0.29) is 17.2 Å². The normalized spacial score (nSPS) is 23.8. The molecule has 1 aliphatic carbocycles. The van der Waals surface area contributed by atoms with Crippen LogP contribution in [0.3, 0.4) is 0 Å². The van der Waals surface area contributed by atoms with E-state index in [0.717, 1.165) is 48.5 Å². The van der Waals surface area contributed by atoms with Gasteiger partial charge in [-0.3, -0.25) is 4.79 Å². The van der Waals surface area contributed by atoms with E-state index in [1.54, 1.807) is 17.6 Å². The molecule has 1 amide bonds. The van der Waals surface area contributed by atoms with Crippen molar-refractivity contribution in [1.82, 2.24) is 10.4 Å². The summed E-state index contributed by atoms with van der Waals surface area (Å²) in [4.78, 5) is 19.3. The molecule has 3 aromatic rings. The molecule has 7 heteroatoms. The third-order valence-electron chi connectivity index (χ3n) is 6.22. The number of anilines is 1. The van der Waals surface area contributed by atoms with E-state index < -0.39 is 0 Å². The fourth-order valence-corrected chi connectivity index (χ4v) is 4.96. The highest BCUT2D eigenvalue weighted by molar-refractivity contribution is 7.17. The zero-order valence-electron chi connectivity index (χ0n) is 16.9. The molecule has 2 atom stereocenters. The summed E-state index contributed by atoms with van der Waals surface area (Å²) in [7, 11) is 0. The number of carbonyl (C=O) groups is 1. The summed E-state index contributed by atoms with van der Waals surface area (Å²) in [6.07, 6.45) is 2.55. The van der Waals surface area contributed by atoms with E-state index >= 15 is 0 Å². The average molecular weight is 421 g/mol. The van der Waals surface area contributed by atoms with Crippen LogP contribution < -0.4 is 10.3 Å². The molecule has 2 fully saturated rings. The number of carbonyl (C=O) groups excluding carboxylic acids is 1. The molecule has 0 bridgehead atoms. The van der Waals surface area contributed by atoms with Crippen LogP contribution in [0.4, 0.5) is 5.69 Å². The van der Waals surface area contributed by atoms with Gasteiger partial charge < -0.3 is 9.64 Å². The number of thiazole rings is 1. The van der Waals surface area contributed by atoms with Gasteiger partial charge >= 0.3 is 0 Å². The van der Waals surface area contributed by atoms with Crippen molar-refractivity contribution in [3.8, 4) is 0 Å². The standard InChI is InChI=1S/C23H24N4O2S/c1-23(17-5-7-18(8-6-17)27-9-11-29-12-10-27)13-19(23)22(28)26-25-14-16-3-2-4-20-21(16)30-15-24-20/h2-8,14-15,19H,9-13H2,1H3,(H,26,28)/b25-14+. The number of nitrogens with one attached hydrogen (secondary N) is 1. The first-order valence-electron chi connectivity index (χ1n) is 10.2. The van der Waals surface area contributed by atoms with Gasteiger partial charge in [0.25, 0.3) is 0 Å². The number of benzene rings is 2. The lowest BCUT2D eigenvalue weighted by Gasteiger charge is -2.29. The Bertz CT molecular complexity index is 1090. The Morgan fingerprint density at radius 1 is 1.27 bits per heavy atom. The number of nitrogens with zero attached hydrogens (tertiary/aromatic N) is 3. The van der Waals surface area contributed by atoms with Gasteiger partial charge in [0.1, 0.15) is 0 Å². The van der Waals surface area contributed by atoms with Crippen LogP contribution in [0.5, 0.6) is 0 Å². The molecule has 30 heavy (non-hydrogen) atoms. The molecule has 6 nitrogen and oxygen atoms in total. The zero-order chi connectivity index (χ0) is 20.6. The van der Waals surface area contributed by atoms with E-state index in [2.05, 4.69) is 51.6 Å². The highest BCUT2D eigenvalue weighted by Gasteiger charge is 2.55. The van der Waals surface area contributed by atoms with Crippen LogP contribution in [0, 0.1) is 5.92 Å². The zero-order valence-corrected chi connectivity index (χ0v) is 17.7. The van der Waals surface area contributed by atoms with Gasteiger partial charge in [0.15, 0.2) is 0 Å².